The number of hydrogen-bond acceptors (Lipinski definition) is 4. The Morgan fingerprint density at radius 3 is 3.00 bits per heavy atom. The molecule has 0 spiro atoms. The van der Waals surface area contributed by atoms with Gasteiger partial charge in [-0.25, -0.2) is 4.79 Å². The number of allylic oxidation sites excluding steroid dienone is 1. The molecule has 1 saturated heterocycles. The summed E-state index contributed by atoms with van der Waals surface area (Å²) in [5.41, 5.74) is 5.76. The second-order valence-corrected chi connectivity index (χ2v) is 3.75. The van der Waals surface area contributed by atoms with Crippen molar-refractivity contribution in [3.05, 3.63) is 12.2 Å². The molecule has 0 aromatic carbocycles. The molecule has 1 aliphatic rings. The molecule has 0 aromatic rings. The van der Waals surface area contributed by atoms with E-state index in [1.165, 1.54) is 6.08 Å². The third-order valence-electron chi connectivity index (χ3n) is 2.55. The van der Waals surface area contributed by atoms with Crippen LogP contribution in [0.2, 0.25) is 0 Å². The van der Waals surface area contributed by atoms with Crippen molar-refractivity contribution in [3.8, 4) is 0 Å². The van der Waals surface area contributed by atoms with Crippen molar-refractivity contribution in [2.45, 2.75) is 25.8 Å². The molecule has 0 bridgehead atoms. The van der Waals surface area contributed by atoms with E-state index in [2.05, 4.69) is 5.32 Å². The maximum absolute atomic E-state index is 11.3. The molecule has 0 aromatic heterocycles. The van der Waals surface area contributed by atoms with Gasteiger partial charge in [-0.05, 0) is 19.8 Å². The molecule has 1 rings (SSSR count). The number of carbonyl (C=O) groups is 2. The van der Waals surface area contributed by atoms with Gasteiger partial charge >= 0.3 is 5.97 Å². The minimum Gasteiger partial charge on any atom is -0.463 e. The number of carbonyl (C=O) groups excluding carboxylic acids is 2. The van der Waals surface area contributed by atoms with Gasteiger partial charge in [0.1, 0.15) is 0 Å². The fraction of sp³-hybridized carbons (Fsp3) is 0.636. The van der Waals surface area contributed by atoms with E-state index in [4.69, 9.17) is 10.5 Å². The van der Waals surface area contributed by atoms with Gasteiger partial charge in [0.2, 0.25) is 5.91 Å². The molecule has 16 heavy (non-hydrogen) atoms. The molecule has 0 aliphatic carbocycles. The number of ether oxygens (including phenoxy) is 1. The van der Waals surface area contributed by atoms with Gasteiger partial charge in [0.25, 0.3) is 0 Å². The number of nitrogens with two attached hydrogens (primary N) is 1. The number of amides is 1. The van der Waals surface area contributed by atoms with Gasteiger partial charge in [-0.1, -0.05) is 6.08 Å². The van der Waals surface area contributed by atoms with E-state index in [9.17, 15) is 9.59 Å². The molecule has 5 nitrogen and oxygen atoms in total. The van der Waals surface area contributed by atoms with E-state index in [0.717, 1.165) is 0 Å². The Balaban J connectivity index is 2.24. The van der Waals surface area contributed by atoms with Crippen molar-refractivity contribution in [1.82, 2.24) is 5.32 Å². The maximum atomic E-state index is 11.3. The van der Waals surface area contributed by atoms with Crippen molar-refractivity contribution >= 4 is 11.9 Å². The molecule has 1 aliphatic heterocycles. The van der Waals surface area contributed by atoms with Crippen LogP contribution in [0.1, 0.15) is 19.8 Å². The predicted octanol–water partition coefficient (Wildman–Crippen LogP) is -0.0408. The van der Waals surface area contributed by atoms with Crippen molar-refractivity contribution in [2.75, 3.05) is 13.2 Å². The monoisotopic (exact) mass is 226 g/mol. The first-order valence-electron chi connectivity index (χ1n) is 5.51. The molecule has 1 amide bonds. The molecule has 90 valence electrons. The maximum Gasteiger partial charge on any atom is 0.330 e. The molecule has 1 fully saturated rings. The standard InChI is InChI=1S/C11H18N2O3/c1-2-16-10(14)6-4-3-5-8-9(12)7-13-11(8)15/h4,6,8-9H,2-3,5,7,12H2,1H3,(H,13,15)/b6-4+/t8-,9+/m0/s1. The molecule has 1 heterocycles. The third kappa shape index (κ3) is 3.66. The van der Waals surface area contributed by atoms with E-state index in [1.807, 2.05) is 0 Å². The van der Waals surface area contributed by atoms with E-state index < -0.39 is 0 Å². The predicted molar refractivity (Wildman–Crippen MR) is 59.5 cm³/mol. The largest absolute Gasteiger partial charge is 0.463 e. The second-order valence-electron chi connectivity index (χ2n) is 3.75. The van der Waals surface area contributed by atoms with Gasteiger partial charge in [-0.3, -0.25) is 4.79 Å². The molecule has 0 radical (unpaired) electrons. The molecule has 2 atom stereocenters. The van der Waals surface area contributed by atoms with Crippen LogP contribution in [0.25, 0.3) is 0 Å². The van der Waals surface area contributed by atoms with Crippen molar-refractivity contribution in [1.29, 1.82) is 0 Å². The van der Waals surface area contributed by atoms with Crippen LogP contribution in [-0.4, -0.2) is 31.1 Å². The lowest BCUT2D eigenvalue weighted by molar-refractivity contribution is -0.137. The van der Waals surface area contributed by atoms with Crippen LogP contribution >= 0.6 is 0 Å². The Labute approximate surface area is 95.0 Å². The van der Waals surface area contributed by atoms with Gasteiger partial charge in [0.15, 0.2) is 0 Å². The van der Waals surface area contributed by atoms with Crippen LogP contribution in [0, 0.1) is 5.92 Å². The second kappa shape index (κ2) is 6.27. The van der Waals surface area contributed by atoms with E-state index in [0.29, 0.717) is 26.0 Å². The quantitative estimate of drug-likeness (QED) is 0.509. The minimum absolute atomic E-state index is 0.0111. The van der Waals surface area contributed by atoms with Gasteiger partial charge in [0, 0.05) is 18.7 Å². The van der Waals surface area contributed by atoms with Gasteiger partial charge < -0.3 is 15.8 Å². The molecular formula is C11H18N2O3. The van der Waals surface area contributed by atoms with Gasteiger partial charge in [0.05, 0.1) is 12.5 Å². The SMILES string of the molecule is CCOC(=O)/C=C/CC[C@@H]1C(=O)NC[C@H]1N. The van der Waals surface area contributed by atoms with Crippen LogP contribution < -0.4 is 11.1 Å². The molecule has 0 saturated carbocycles. The fourth-order valence-electron chi connectivity index (χ4n) is 1.68. The Bertz CT molecular complexity index is 289. The van der Waals surface area contributed by atoms with Gasteiger partial charge in [-0.15, -0.1) is 0 Å². The average Bonchev–Trinajstić information content (AvgIpc) is 2.55. The summed E-state index contributed by atoms with van der Waals surface area (Å²) in [6.07, 6.45) is 4.44. The average molecular weight is 226 g/mol. The minimum atomic E-state index is -0.345. The Morgan fingerprint density at radius 1 is 1.69 bits per heavy atom. The van der Waals surface area contributed by atoms with E-state index in [1.54, 1.807) is 13.0 Å². The van der Waals surface area contributed by atoms with Crippen LogP contribution in [0.4, 0.5) is 0 Å². The molecular weight excluding hydrogens is 208 g/mol. The summed E-state index contributed by atoms with van der Waals surface area (Å²) in [6.45, 7) is 2.68. The number of esters is 1. The first-order chi connectivity index (χ1) is 7.65. The summed E-state index contributed by atoms with van der Waals surface area (Å²) in [7, 11) is 0. The highest BCUT2D eigenvalue weighted by molar-refractivity contribution is 5.82. The number of hydrogen-bond donors (Lipinski definition) is 2. The van der Waals surface area contributed by atoms with Crippen molar-refractivity contribution < 1.29 is 14.3 Å². The highest BCUT2D eigenvalue weighted by Gasteiger charge is 2.30. The zero-order chi connectivity index (χ0) is 12.0. The first kappa shape index (κ1) is 12.7. The lowest BCUT2D eigenvalue weighted by Gasteiger charge is -2.09. The smallest absolute Gasteiger partial charge is 0.330 e. The summed E-state index contributed by atoms with van der Waals surface area (Å²) in [5.74, 6) is -0.466. The number of nitrogens with one attached hydrogen (secondary N) is 1. The zero-order valence-electron chi connectivity index (χ0n) is 9.44. The highest BCUT2D eigenvalue weighted by Crippen LogP contribution is 2.15. The van der Waals surface area contributed by atoms with Crippen molar-refractivity contribution in [3.63, 3.8) is 0 Å². The zero-order valence-corrected chi connectivity index (χ0v) is 9.44. The molecule has 3 N–H and O–H groups in total. The Hall–Kier alpha value is -1.36. The van der Waals surface area contributed by atoms with Crippen molar-refractivity contribution in [2.24, 2.45) is 11.7 Å². The lowest BCUT2D eigenvalue weighted by atomic mass is 9.98. The topological polar surface area (TPSA) is 81.4 Å². The molecule has 0 unspecified atom stereocenters. The summed E-state index contributed by atoms with van der Waals surface area (Å²) < 4.78 is 4.73. The molecule has 5 heteroatoms. The van der Waals surface area contributed by atoms with E-state index in [-0.39, 0.29) is 23.8 Å². The Kier molecular flexibility index (Phi) is 4.98. The third-order valence-corrected chi connectivity index (χ3v) is 2.55. The Morgan fingerprint density at radius 2 is 2.44 bits per heavy atom. The normalized spacial score (nSPS) is 24.8. The van der Waals surface area contributed by atoms with Crippen LogP contribution in [-0.2, 0) is 14.3 Å². The number of rotatable bonds is 5. The van der Waals surface area contributed by atoms with E-state index >= 15 is 0 Å². The summed E-state index contributed by atoms with van der Waals surface area (Å²) in [5, 5.41) is 2.71. The van der Waals surface area contributed by atoms with Gasteiger partial charge in [-0.2, -0.15) is 0 Å². The summed E-state index contributed by atoms with van der Waals surface area (Å²) >= 11 is 0. The summed E-state index contributed by atoms with van der Waals surface area (Å²) in [4.78, 5) is 22.3. The first-order valence-corrected chi connectivity index (χ1v) is 5.51. The summed E-state index contributed by atoms with van der Waals surface area (Å²) in [6, 6.07) is -0.108. The van der Waals surface area contributed by atoms with Crippen LogP contribution in [0.5, 0.6) is 0 Å². The van der Waals surface area contributed by atoms with Crippen LogP contribution in [0.3, 0.4) is 0 Å². The fourth-order valence-corrected chi connectivity index (χ4v) is 1.68. The lowest BCUT2D eigenvalue weighted by Crippen LogP contribution is -2.29. The highest BCUT2D eigenvalue weighted by atomic mass is 16.5. The van der Waals surface area contributed by atoms with Crippen LogP contribution in [0.15, 0.2) is 12.2 Å².